The second kappa shape index (κ2) is 15.8. The number of carbonyl (C=O) groups is 3. The van der Waals surface area contributed by atoms with Crippen LogP contribution in [0.15, 0.2) is 84.1 Å². The van der Waals surface area contributed by atoms with Crippen molar-refractivity contribution in [2.45, 2.75) is 57.4 Å². The smallest absolute Gasteiger partial charge is 0.455 e. The number of hydrogen-bond acceptors (Lipinski definition) is 8. The number of phenols is 1. The molecule has 0 unspecified atom stereocenters. The van der Waals surface area contributed by atoms with E-state index in [0.717, 1.165) is 16.7 Å². The Morgan fingerprint density at radius 2 is 1.82 bits per heavy atom. The molecule has 2 aromatic carbocycles. The van der Waals surface area contributed by atoms with Gasteiger partial charge in [-0.1, -0.05) is 36.8 Å². The van der Waals surface area contributed by atoms with Crippen LogP contribution in [-0.4, -0.2) is 69.3 Å². The predicted octanol–water partition coefficient (Wildman–Crippen LogP) is 5.77. The van der Waals surface area contributed by atoms with Crippen LogP contribution in [0.2, 0.25) is 6.32 Å². The number of allylic oxidation sites excluding steroid dienone is 1. The number of halogens is 1. The fourth-order valence-corrected chi connectivity index (χ4v) is 7.52. The lowest BCUT2D eigenvalue weighted by atomic mass is 9.58. The van der Waals surface area contributed by atoms with Crippen LogP contribution in [0.4, 0.5) is 4.39 Å². The van der Waals surface area contributed by atoms with Crippen LogP contribution < -0.4 is 4.74 Å². The number of aliphatic carboxylic acids is 1. The van der Waals surface area contributed by atoms with E-state index >= 15 is 0 Å². The van der Waals surface area contributed by atoms with Gasteiger partial charge in [-0.25, -0.2) is 4.39 Å². The van der Waals surface area contributed by atoms with Crippen molar-refractivity contribution in [3.05, 3.63) is 101 Å². The zero-order valence-corrected chi connectivity index (χ0v) is 27.6. The average Bonchev–Trinajstić information content (AvgIpc) is 3.35. The number of fused-ring (bicyclic) bond motifs is 3. The minimum Gasteiger partial charge on any atom is -0.505 e. The van der Waals surface area contributed by atoms with Crippen LogP contribution in [0.1, 0.15) is 56.2 Å². The van der Waals surface area contributed by atoms with E-state index in [2.05, 4.69) is 4.98 Å². The van der Waals surface area contributed by atoms with E-state index in [0.29, 0.717) is 55.5 Å². The molecule has 50 heavy (non-hydrogen) atoms. The molecule has 2 amide bonds. The van der Waals surface area contributed by atoms with E-state index in [4.69, 9.17) is 14.5 Å². The second-order valence-electron chi connectivity index (χ2n) is 13.1. The first-order valence-corrected chi connectivity index (χ1v) is 17.1. The molecule has 3 aliphatic rings. The van der Waals surface area contributed by atoms with E-state index in [1.165, 1.54) is 17.0 Å². The number of aromatic hydroxyl groups is 1. The van der Waals surface area contributed by atoms with Gasteiger partial charge in [0, 0.05) is 19.2 Å². The number of imide groups is 1. The Morgan fingerprint density at radius 3 is 2.56 bits per heavy atom. The predicted molar refractivity (Wildman–Crippen MR) is 184 cm³/mol. The Morgan fingerprint density at radius 1 is 1.02 bits per heavy atom. The van der Waals surface area contributed by atoms with Gasteiger partial charge in [0.05, 0.1) is 23.6 Å². The maximum Gasteiger partial charge on any atom is 0.455 e. The average molecular weight is 683 g/mol. The van der Waals surface area contributed by atoms with E-state index in [1.54, 1.807) is 24.4 Å². The monoisotopic (exact) mass is 682 g/mol. The first-order chi connectivity index (χ1) is 24.2. The third-order valence-electron chi connectivity index (χ3n) is 9.81. The quantitative estimate of drug-likeness (QED) is 0.0835. The Balaban J connectivity index is 1.29. The minimum absolute atomic E-state index is 0.0373. The molecule has 6 rings (SSSR count). The molecule has 260 valence electrons. The van der Waals surface area contributed by atoms with Crippen LogP contribution in [0.3, 0.4) is 0 Å². The maximum atomic E-state index is 14.3. The van der Waals surface area contributed by atoms with Crippen molar-refractivity contribution >= 4 is 36.6 Å². The zero-order chi connectivity index (χ0) is 35.2. The highest BCUT2D eigenvalue weighted by atomic mass is 19.1. The molecule has 3 aromatic rings. The van der Waals surface area contributed by atoms with Crippen molar-refractivity contribution < 1.29 is 43.4 Å². The summed E-state index contributed by atoms with van der Waals surface area (Å²) >= 11 is 0. The summed E-state index contributed by atoms with van der Waals surface area (Å²) in [6.45, 7) is 0.405. The maximum absolute atomic E-state index is 14.3. The molecule has 0 radical (unpaired) electrons. The lowest BCUT2D eigenvalue weighted by Gasteiger charge is -2.43. The standard InChI is InChI=1S/C38H40BFN2O8/c40-30-20-24(13-15-32(30)43)19-25(31-11-6-7-17-41-31)14-16-33-35-26(23-49-27-9-3-1-4-10-27)21-28-36(29(35)22-39(48)50-33)38(47)42(37(28)46)18-8-2-5-12-34(44)45/h1,3-4,6-7,9-11,13,15,17,19-20,28-29,33,36,43,48H,2,5,8,12,14,16,18,21-23H2,(H,44,45)/b25-19-/t28-,29+,33-,36-/m1/s1. The number of rotatable bonds is 14. The number of carboxylic acid groups (broad SMARTS) is 1. The van der Waals surface area contributed by atoms with Gasteiger partial charge < -0.3 is 24.6 Å². The molecule has 12 heteroatoms. The van der Waals surface area contributed by atoms with Gasteiger partial charge in [0.1, 0.15) is 12.4 Å². The van der Waals surface area contributed by atoms with Crippen molar-refractivity contribution in [2.75, 3.05) is 13.2 Å². The summed E-state index contributed by atoms with van der Waals surface area (Å²) in [7, 11) is -1.16. The summed E-state index contributed by atoms with van der Waals surface area (Å²) in [4.78, 5) is 44.5. The van der Waals surface area contributed by atoms with Crippen molar-refractivity contribution in [3.8, 4) is 11.5 Å². The van der Waals surface area contributed by atoms with Gasteiger partial charge in [0.15, 0.2) is 11.6 Å². The second-order valence-corrected chi connectivity index (χ2v) is 13.1. The number of amides is 2. The fraction of sp³-hybridized carbons (Fsp3) is 0.368. The van der Waals surface area contributed by atoms with Crippen LogP contribution in [-0.2, 0) is 19.0 Å². The SMILES string of the molecule is O=C(O)CCCCCN1C(=O)[C@@H]2[C@@H](CC(COc3ccccc3)=C3[C@@H](CC/C(=C/c4ccc(O)c(F)c4)c4ccccn4)OB(O)C[C@@H]32)C1=O. The highest BCUT2D eigenvalue weighted by Crippen LogP contribution is 2.51. The number of para-hydroxylation sites is 1. The van der Waals surface area contributed by atoms with Crippen molar-refractivity contribution in [2.24, 2.45) is 17.8 Å². The minimum atomic E-state index is -1.16. The molecule has 0 saturated carbocycles. The molecule has 3 N–H and O–H groups in total. The summed E-state index contributed by atoms with van der Waals surface area (Å²) in [5.74, 6) is -3.60. The molecular formula is C38H40BFN2O8. The summed E-state index contributed by atoms with van der Waals surface area (Å²) in [6.07, 6.45) is 5.76. The van der Waals surface area contributed by atoms with Crippen LogP contribution in [0.25, 0.3) is 11.6 Å². The molecule has 4 atom stereocenters. The summed E-state index contributed by atoms with van der Waals surface area (Å²) in [5, 5.41) is 29.7. The number of likely N-dealkylation sites (tertiary alicyclic amines) is 1. The Bertz CT molecular complexity index is 1770. The van der Waals surface area contributed by atoms with Gasteiger partial charge in [-0.05, 0) is 109 Å². The van der Waals surface area contributed by atoms with Crippen molar-refractivity contribution in [3.63, 3.8) is 0 Å². The number of benzene rings is 2. The number of nitrogens with zero attached hydrogens (tertiary/aromatic N) is 2. The highest BCUT2D eigenvalue weighted by Gasteiger charge is 2.57. The first kappa shape index (κ1) is 35.0. The van der Waals surface area contributed by atoms with Gasteiger partial charge >= 0.3 is 13.1 Å². The fourth-order valence-electron chi connectivity index (χ4n) is 7.52. The zero-order valence-electron chi connectivity index (χ0n) is 27.6. The van der Waals surface area contributed by atoms with Gasteiger partial charge in [-0.3, -0.25) is 24.3 Å². The van der Waals surface area contributed by atoms with Crippen LogP contribution >= 0.6 is 0 Å². The molecular weight excluding hydrogens is 642 g/mol. The summed E-state index contributed by atoms with van der Waals surface area (Å²) < 4.78 is 26.7. The molecule has 2 aliphatic heterocycles. The van der Waals surface area contributed by atoms with E-state index in [-0.39, 0.29) is 37.7 Å². The third kappa shape index (κ3) is 7.98. The highest BCUT2D eigenvalue weighted by molar-refractivity contribution is 6.43. The number of hydrogen-bond donors (Lipinski definition) is 3. The largest absolute Gasteiger partial charge is 0.505 e. The van der Waals surface area contributed by atoms with E-state index in [1.807, 2.05) is 42.5 Å². The molecule has 10 nitrogen and oxygen atoms in total. The molecule has 2 fully saturated rings. The van der Waals surface area contributed by atoms with Gasteiger partial charge in [-0.2, -0.15) is 0 Å². The van der Waals surface area contributed by atoms with Crippen LogP contribution in [0.5, 0.6) is 11.5 Å². The number of pyridine rings is 1. The molecule has 3 heterocycles. The van der Waals surface area contributed by atoms with E-state index < -0.39 is 48.5 Å². The van der Waals surface area contributed by atoms with Crippen molar-refractivity contribution in [1.82, 2.24) is 9.88 Å². The number of carbonyl (C=O) groups excluding carboxylic acids is 2. The third-order valence-corrected chi connectivity index (χ3v) is 9.81. The Kier molecular flexibility index (Phi) is 11.1. The summed E-state index contributed by atoms with van der Waals surface area (Å²) in [5.41, 5.74) is 3.74. The van der Waals surface area contributed by atoms with E-state index in [9.17, 15) is 28.9 Å². The first-order valence-electron chi connectivity index (χ1n) is 17.1. The van der Waals surface area contributed by atoms with Gasteiger partial charge in [-0.15, -0.1) is 0 Å². The normalized spacial score (nSPS) is 22.1. The number of ether oxygens (including phenoxy) is 1. The topological polar surface area (TPSA) is 146 Å². The molecule has 0 bridgehead atoms. The number of carboxylic acids is 1. The Labute approximate surface area is 290 Å². The van der Waals surface area contributed by atoms with Crippen molar-refractivity contribution in [1.29, 1.82) is 0 Å². The van der Waals surface area contributed by atoms with Gasteiger partial charge in [0.2, 0.25) is 11.8 Å². The molecule has 2 saturated heterocycles. The molecule has 0 spiro atoms. The number of unbranched alkanes of at least 4 members (excludes halogenated alkanes) is 2. The van der Waals surface area contributed by atoms with Crippen LogP contribution in [0, 0.1) is 23.6 Å². The van der Waals surface area contributed by atoms with Gasteiger partial charge in [0.25, 0.3) is 0 Å². The number of phenolic OH excluding ortho intramolecular Hbond substituents is 1. The Hall–Kier alpha value is -4.81. The molecule has 1 aromatic heterocycles. The lowest BCUT2D eigenvalue weighted by molar-refractivity contribution is -0.141. The molecule has 1 aliphatic carbocycles. The summed E-state index contributed by atoms with van der Waals surface area (Å²) in [6, 6.07) is 19.0. The number of aromatic nitrogens is 1. The lowest BCUT2D eigenvalue weighted by Crippen LogP contribution is -2.46.